The van der Waals surface area contributed by atoms with Crippen molar-refractivity contribution in [2.24, 2.45) is 47.2 Å². The van der Waals surface area contributed by atoms with Gasteiger partial charge in [-0.2, -0.15) is 0 Å². The van der Waals surface area contributed by atoms with Gasteiger partial charge < -0.3 is 11.1 Å². The Kier molecular flexibility index (Phi) is 11.1. The average Bonchev–Trinajstić information content (AvgIpc) is 3.41. The number of rotatable bonds is 9. The fraction of sp³-hybridized carbons (Fsp3) is 1.00. The van der Waals surface area contributed by atoms with Gasteiger partial charge in [0.15, 0.2) is 0 Å². The van der Waals surface area contributed by atoms with Gasteiger partial charge in [0.25, 0.3) is 0 Å². The van der Waals surface area contributed by atoms with Crippen molar-refractivity contribution in [1.29, 1.82) is 0 Å². The van der Waals surface area contributed by atoms with Crippen LogP contribution in [0, 0.1) is 41.4 Å². The van der Waals surface area contributed by atoms with Crippen LogP contribution in [0.2, 0.25) is 0 Å². The minimum atomic E-state index is 0.168. The third-order valence-electron chi connectivity index (χ3n) is 14.8. The third kappa shape index (κ3) is 7.38. The SMILES string of the molecule is NC(NC(NCC1CCCCC1)C1CCCCC1)C1CCCC(C2CCC3C(C2)C2CCCCC2N3C2CCCCC2)C1. The Bertz CT molecular complexity index is 829. The van der Waals surface area contributed by atoms with E-state index in [-0.39, 0.29) is 6.17 Å². The van der Waals surface area contributed by atoms with E-state index in [2.05, 4.69) is 15.5 Å². The highest BCUT2D eigenvalue weighted by Crippen LogP contribution is 2.54. The van der Waals surface area contributed by atoms with Crippen LogP contribution in [0.5, 0.6) is 0 Å². The lowest BCUT2D eigenvalue weighted by Gasteiger charge is -2.45. The van der Waals surface area contributed by atoms with E-state index < -0.39 is 0 Å². The van der Waals surface area contributed by atoms with Crippen molar-refractivity contribution in [3.05, 3.63) is 0 Å². The molecule has 1 saturated heterocycles. The van der Waals surface area contributed by atoms with Crippen LogP contribution in [0.4, 0.5) is 0 Å². The van der Waals surface area contributed by atoms with E-state index in [0.717, 1.165) is 53.6 Å². The molecule has 4 nitrogen and oxygen atoms in total. The Labute approximate surface area is 266 Å². The topological polar surface area (TPSA) is 53.3 Å². The number of nitrogens with two attached hydrogens (primary N) is 1. The molecule has 6 saturated carbocycles. The Hall–Kier alpha value is -0.160. The lowest BCUT2D eigenvalue weighted by atomic mass is 9.64. The van der Waals surface area contributed by atoms with Crippen LogP contribution in [0.15, 0.2) is 0 Å². The molecule has 0 aromatic rings. The van der Waals surface area contributed by atoms with Gasteiger partial charge in [0.05, 0.1) is 12.3 Å². The van der Waals surface area contributed by atoms with Crippen molar-refractivity contribution in [3.63, 3.8) is 0 Å². The molecule has 0 radical (unpaired) electrons. The quantitative estimate of drug-likeness (QED) is 0.234. The van der Waals surface area contributed by atoms with E-state index in [1.54, 1.807) is 12.8 Å². The molecule has 7 rings (SSSR count). The molecule has 9 atom stereocenters. The Morgan fingerprint density at radius 3 is 1.95 bits per heavy atom. The summed E-state index contributed by atoms with van der Waals surface area (Å²) < 4.78 is 0. The van der Waals surface area contributed by atoms with Gasteiger partial charge in [-0.25, -0.2) is 0 Å². The van der Waals surface area contributed by atoms with Gasteiger partial charge in [-0.1, -0.05) is 83.5 Å². The highest BCUT2D eigenvalue weighted by molar-refractivity contribution is 5.06. The Balaban J connectivity index is 0.964. The Morgan fingerprint density at radius 1 is 0.535 bits per heavy atom. The van der Waals surface area contributed by atoms with E-state index in [1.165, 1.54) is 161 Å². The minimum Gasteiger partial charge on any atom is -0.316 e. The summed E-state index contributed by atoms with van der Waals surface area (Å²) in [5.74, 6) is 6.28. The fourth-order valence-corrected chi connectivity index (χ4v) is 12.5. The summed E-state index contributed by atoms with van der Waals surface area (Å²) in [6, 6.07) is 2.81. The van der Waals surface area contributed by atoms with Crippen molar-refractivity contribution in [2.45, 2.75) is 197 Å². The van der Waals surface area contributed by atoms with Crippen molar-refractivity contribution in [1.82, 2.24) is 15.5 Å². The maximum atomic E-state index is 7.17. The number of nitrogens with one attached hydrogen (secondary N) is 2. The average molecular weight is 595 g/mol. The molecule has 7 fully saturated rings. The summed E-state index contributed by atoms with van der Waals surface area (Å²) in [6.45, 7) is 1.21. The van der Waals surface area contributed by atoms with Gasteiger partial charge in [0, 0.05) is 18.1 Å². The first kappa shape index (κ1) is 31.4. The maximum Gasteiger partial charge on any atom is 0.0612 e. The normalized spacial score (nSPS) is 40.5. The molecule has 1 aliphatic heterocycles. The molecule has 0 spiro atoms. The molecule has 0 bridgehead atoms. The molecule has 246 valence electrons. The van der Waals surface area contributed by atoms with Crippen molar-refractivity contribution < 1.29 is 0 Å². The summed E-state index contributed by atoms with van der Waals surface area (Å²) >= 11 is 0. The fourth-order valence-electron chi connectivity index (χ4n) is 12.5. The summed E-state index contributed by atoms with van der Waals surface area (Å²) in [7, 11) is 0. The van der Waals surface area contributed by atoms with Gasteiger partial charge in [-0.3, -0.25) is 10.2 Å². The van der Waals surface area contributed by atoms with Gasteiger partial charge in [-0.15, -0.1) is 0 Å². The van der Waals surface area contributed by atoms with Gasteiger partial charge >= 0.3 is 0 Å². The zero-order valence-electron chi connectivity index (χ0n) is 28.0. The molecule has 6 aliphatic carbocycles. The maximum absolute atomic E-state index is 7.17. The number of fused-ring (bicyclic) bond motifs is 3. The summed E-state index contributed by atoms with van der Waals surface area (Å²) in [6.07, 6.45) is 38.6. The van der Waals surface area contributed by atoms with E-state index >= 15 is 0 Å². The van der Waals surface area contributed by atoms with E-state index in [0.29, 0.717) is 12.1 Å². The molecular formula is C39H70N4. The van der Waals surface area contributed by atoms with Gasteiger partial charge in [0.2, 0.25) is 0 Å². The number of likely N-dealkylation sites (tertiary alicyclic amines) is 1. The first-order chi connectivity index (χ1) is 21.2. The first-order valence-corrected chi connectivity index (χ1v) is 20.3. The van der Waals surface area contributed by atoms with Crippen LogP contribution in [-0.2, 0) is 0 Å². The number of hydrogen-bond acceptors (Lipinski definition) is 4. The predicted octanol–water partition coefficient (Wildman–Crippen LogP) is 8.74. The molecule has 0 aromatic carbocycles. The predicted molar refractivity (Wildman–Crippen MR) is 181 cm³/mol. The molecule has 4 heteroatoms. The zero-order chi connectivity index (χ0) is 29.0. The second-order valence-electron chi connectivity index (χ2n) is 17.2. The van der Waals surface area contributed by atoms with E-state index in [4.69, 9.17) is 5.73 Å². The van der Waals surface area contributed by atoms with Crippen LogP contribution >= 0.6 is 0 Å². The smallest absolute Gasteiger partial charge is 0.0612 e. The highest BCUT2D eigenvalue weighted by atomic mass is 15.3. The summed E-state index contributed by atoms with van der Waals surface area (Å²) in [5.41, 5.74) is 7.17. The van der Waals surface area contributed by atoms with Gasteiger partial charge in [-0.05, 0) is 131 Å². The van der Waals surface area contributed by atoms with Crippen LogP contribution in [0.25, 0.3) is 0 Å². The van der Waals surface area contributed by atoms with E-state index in [1.807, 2.05) is 0 Å². The largest absolute Gasteiger partial charge is 0.316 e. The second-order valence-corrected chi connectivity index (χ2v) is 17.2. The Morgan fingerprint density at radius 2 is 1.16 bits per heavy atom. The molecular weight excluding hydrogens is 524 g/mol. The second kappa shape index (κ2) is 15.2. The first-order valence-electron chi connectivity index (χ1n) is 20.3. The van der Waals surface area contributed by atoms with Crippen LogP contribution in [0.1, 0.15) is 167 Å². The molecule has 1 heterocycles. The summed E-state index contributed by atoms with van der Waals surface area (Å²) in [4.78, 5) is 3.21. The molecule has 0 amide bonds. The van der Waals surface area contributed by atoms with Crippen molar-refractivity contribution >= 4 is 0 Å². The van der Waals surface area contributed by atoms with Gasteiger partial charge in [0.1, 0.15) is 0 Å². The van der Waals surface area contributed by atoms with Crippen molar-refractivity contribution in [2.75, 3.05) is 6.54 Å². The summed E-state index contributed by atoms with van der Waals surface area (Å²) in [5, 5.41) is 8.19. The monoisotopic (exact) mass is 595 g/mol. The minimum absolute atomic E-state index is 0.168. The number of nitrogens with zero attached hydrogens (tertiary/aromatic N) is 1. The molecule has 0 aromatic heterocycles. The van der Waals surface area contributed by atoms with Crippen LogP contribution in [0.3, 0.4) is 0 Å². The van der Waals surface area contributed by atoms with Crippen LogP contribution in [-0.4, -0.2) is 41.9 Å². The van der Waals surface area contributed by atoms with Crippen LogP contribution < -0.4 is 16.4 Å². The van der Waals surface area contributed by atoms with Crippen molar-refractivity contribution in [3.8, 4) is 0 Å². The molecule has 7 aliphatic rings. The zero-order valence-corrected chi connectivity index (χ0v) is 28.0. The standard InChI is InChI=1S/C39H70N4/c40-38(42-39(29-15-6-2-7-16-29)41-27-28-13-4-1-5-14-28)32-18-12-17-30(25-32)31-23-24-37-35(26-31)34-21-10-11-22-36(34)43(37)33-19-8-3-9-20-33/h28-39,41-42H,1-27,40H2. The molecule has 43 heavy (non-hydrogen) atoms. The molecule has 9 unspecified atom stereocenters. The lowest BCUT2D eigenvalue weighted by molar-refractivity contribution is 0.0447. The lowest BCUT2D eigenvalue weighted by Crippen LogP contribution is -2.58. The van der Waals surface area contributed by atoms with E-state index in [9.17, 15) is 0 Å². The number of hydrogen-bond donors (Lipinski definition) is 3. The third-order valence-corrected chi connectivity index (χ3v) is 14.8. The molecule has 4 N–H and O–H groups in total. The highest BCUT2D eigenvalue weighted by Gasteiger charge is 2.53.